The van der Waals surface area contributed by atoms with E-state index >= 15 is 0 Å². The van der Waals surface area contributed by atoms with Gasteiger partial charge in [0.25, 0.3) is 0 Å². The normalized spacial score (nSPS) is 12.2. The minimum absolute atomic E-state index is 0.192. The van der Waals surface area contributed by atoms with E-state index in [1.54, 1.807) is 0 Å². The highest BCUT2D eigenvalue weighted by molar-refractivity contribution is 9.11. The van der Waals surface area contributed by atoms with Crippen molar-refractivity contribution in [3.8, 4) is 5.75 Å². The first kappa shape index (κ1) is 13.3. The molecule has 1 unspecified atom stereocenters. The maximum Gasteiger partial charge on any atom is 0.123 e. The molecule has 2 nitrogen and oxygen atoms in total. The molecule has 0 saturated heterocycles. The quantitative estimate of drug-likeness (QED) is 0.870. The number of hydrogen-bond acceptors (Lipinski definition) is 2. The first-order valence-electron chi connectivity index (χ1n) is 5.43. The van der Waals surface area contributed by atoms with E-state index in [4.69, 9.17) is 10.5 Å². The molecular formula is C13H18BrNO. The van der Waals surface area contributed by atoms with Crippen LogP contribution in [0.1, 0.15) is 18.9 Å². The van der Waals surface area contributed by atoms with Crippen LogP contribution in [0.5, 0.6) is 5.75 Å². The van der Waals surface area contributed by atoms with E-state index in [0.29, 0.717) is 6.61 Å². The highest BCUT2D eigenvalue weighted by Gasteiger charge is 2.07. The molecule has 16 heavy (non-hydrogen) atoms. The molecule has 1 aromatic rings. The van der Waals surface area contributed by atoms with Crippen molar-refractivity contribution in [2.24, 2.45) is 5.73 Å². The van der Waals surface area contributed by atoms with Gasteiger partial charge in [-0.1, -0.05) is 47.6 Å². The van der Waals surface area contributed by atoms with Crippen LogP contribution in [0.15, 0.2) is 35.3 Å². The third-order valence-electron chi connectivity index (χ3n) is 2.36. The van der Waals surface area contributed by atoms with Gasteiger partial charge in [0.1, 0.15) is 12.4 Å². The SMILES string of the molecule is C=C(Br)COc1ccccc1CC(N)CC. The average molecular weight is 284 g/mol. The molecule has 1 atom stereocenters. The predicted molar refractivity (Wildman–Crippen MR) is 72.0 cm³/mol. The summed E-state index contributed by atoms with van der Waals surface area (Å²) in [7, 11) is 0. The van der Waals surface area contributed by atoms with Gasteiger partial charge in [0.05, 0.1) is 0 Å². The molecule has 0 aliphatic heterocycles. The molecular weight excluding hydrogens is 266 g/mol. The Morgan fingerprint density at radius 1 is 1.50 bits per heavy atom. The standard InChI is InChI=1S/C13H18BrNO/c1-3-12(15)8-11-6-4-5-7-13(11)16-9-10(2)14/h4-7,12H,2-3,8-9,15H2,1H3. The molecule has 3 heteroatoms. The van der Waals surface area contributed by atoms with Gasteiger partial charge in [-0.05, 0) is 24.5 Å². The zero-order chi connectivity index (χ0) is 12.0. The molecule has 0 amide bonds. The molecule has 0 heterocycles. The first-order chi connectivity index (χ1) is 7.63. The van der Waals surface area contributed by atoms with Gasteiger partial charge in [0.2, 0.25) is 0 Å². The first-order valence-corrected chi connectivity index (χ1v) is 6.22. The largest absolute Gasteiger partial charge is 0.488 e. The number of para-hydroxylation sites is 1. The summed E-state index contributed by atoms with van der Waals surface area (Å²) in [5, 5.41) is 0. The highest BCUT2D eigenvalue weighted by atomic mass is 79.9. The summed E-state index contributed by atoms with van der Waals surface area (Å²) < 4.78 is 6.48. The molecule has 88 valence electrons. The van der Waals surface area contributed by atoms with Gasteiger partial charge < -0.3 is 10.5 Å². The van der Waals surface area contributed by atoms with E-state index in [2.05, 4.69) is 35.5 Å². The van der Waals surface area contributed by atoms with Gasteiger partial charge >= 0.3 is 0 Å². The molecule has 2 N–H and O–H groups in total. The van der Waals surface area contributed by atoms with E-state index in [0.717, 1.165) is 28.6 Å². The molecule has 0 fully saturated rings. The van der Waals surface area contributed by atoms with E-state index in [9.17, 15) is 0 Å². The van der Waals surface area contributed by atoms with Crippen LogP contribution in [0.4, 0.5) is 0 Å². The van der Waals surface area contributed by atoms with E-state index in [1.165, 1.54) is 0 Å². The molecule has 0 spiro atoms. The Bertz CT molecular complexity index is 352. The Hall–Kier alpha value is -0.800. The lowest BCUT2D eigenvalue weighted by Crippen LogP contribution is -2.21. The van der Waals surface area contributed by atoms with Crippen LogP contribution in [-0.2, 0) is 6.42 Å². The fourth-order valence-corrected chi connectivity index (χ4v) is 1.51. The molecule has 0 aliphatic carbocycles. The number of hydrogen-bond donors (Lipinski definition) is 1. The van der Waals surface area contributed by atoms with Crippen molar-refractivity contribution in [1.29, 1.82) is 0 Å². The minimum atomic E-state index is 0.192. The summed E-state index contributed by atoms with van der Waals surface area (Å²) in [4.78, 5) is 0. The Kier molecular flexibility index (Phi) is 5.56. The van der Waals surface area contributed by atoms with Crippen LogP contribution < -0.4 is 10.5 Å². The zero-order valence-electron chi connectivity index (χ0n) is 9.58. The van der Waals surface area contributed by atoms with Crippen molar-refractivity contribution in [3.05, 3.63) is 40.9 Å². The Morgan fingerprint density at radius 2 is 2.19 bits per heavy atom. The van der Waals surface area contributed by atoms with E-state index in [-0.39, 0.29) is 6.04 Å². The maximum absolute atomic E-state index is 5.95. The Morgan fingerprint density at radius 3 is 2.81 bits per heavy atom. The molecule has 1 rings (SSSR count). The average Bonchev–Trinajstić information content (AvgIpc) is 2.27. The predicted octanol–water partition coefficient (Wildman–Crippen LogP) is 3.25. The van der Waals surface area contributed by atoms with Crippen LogP contribution in [-0.4, -0.2) is 12.6 Å². The molecule has 0 aliphatic rings. The second-order valence-electron chi connectivity index (χ2n) is 3.79. The fraction of sp³-hybridized carbons (Fsp3) is 0.385. The lowest BCUT2D eigenvalue weighted by atomic mass is 10.0. The van der Waals surface area contributed by atoms with Gasteiger partial charge in [-0.15, -0.1) is 0 Å². The van der Waals surface area contributed by atoms with Crippen molar-refractivity contribution in [3.63, 3.8) is 0 Å². The van der Waals surface area contributed by atoms with Gasteiger partial charge in [0.15, 0.2) is 0 Å². The van der Waals surface area contributed by atoms with Crippen LogP contribution in [0.25, 0.3) is 0 Å². The number of halogens is 1. The van der Waals surface area contributed by atoms with Gasteiger partial charge in [-0.25, -0.2) is 0 Å². The van der Waals surface area contributed by atoms with Gasteiger partial charge in [0, 0.05) is 10.5 Å². The number of rotatable bonds is 6. The summed E-state index contributed by atoms with van der Waals surface area (Å²) in [6.45, 7) is 6.32. The van der Waals surface area contributed by atoms with Crippen LogP contribution in [0, 0.1) is 0 Å². The second kappa shape index (κ2) is 6.71. The Labute approximate surface area is 106 Å². The molecule has 0 saturated carbocycles. The van der Waals surface area contributed by atoms with Crippen LogP contribution in [0.2, 0.25) is 0 Å². The maximum atomic E-state index is 5.95. The lowest BCUT2D eigenvalue weighted by molar-refractivity contribution is 0.355. The monoisotopic (exact) mass is 283 g/mol. The van der Waals surface area contributed by atoms with Gasteiger partial charge in [-0.2, -0.15) is 0 Å². The summed E-state index contributed by atoms with van der Waals surface area (Å²) in [6.07, 6.45) is 1.82. The van der Waals surface area contributed by atoms with E-state index < -0.39 is 0 Å². The molecule has 1 aromatic carbocycles. The van der Waals surface area contributed by atoms with Crippen LogP contribution >= 0.6 is 15.9 Å². The second-order valence-corrected chi connectivity index (χ2v) is 4.91. The fourth-order valence-electron chi connectivity index (χ4n) is 1.40. The topological polar surface area (TPSA) is 35.2 Å². The number of ether oxygens (including phenoxy) is 1. The van der Waals surface area contributed by atoms with Crippen molar-refractivity contribution in [1.82, 2.24) is 0 Å². The van der Waals surface area contributed by atoms with Crippen molar-refractivity contribution >= 4 is 15.9 Å². The molecule has 0 radical (unpaired) electrons. The number of benzene rings is 1. The molecule has 0 bridgehead atoms. The lowest BCUT2D eigenvalue weighted by Gasteiger charge is -2.13. The smallest absolute Gasteiger partial charge is 0.123 e. The summed E-state index contributed by atoms with van der Waals surface area (Å²) in [6, 6.07) is 8.19. The highest BCUT2D eigenvalue weighted by Crippen LogP contribution is 2.20. The van der Waals surface area contributed by atoms with E-state index in [1.807, 2.05) is 18.2 Å². The van der Waals surface area contributed by atoms with Crippen molar-refractivity contribution in [2.45, 2.75) is 25.8 Å². The van der Waals surface area contributed by atoms with Gasteiger partial charge in [-0.3, -0.25) is 0 Å². The zero-order valence-corrected chi connectivity index (χ0v) is 11.2. The van der Waals surface area contributed by atoms with Crippen molar-refractivity contribution < 1.29 is 4.74 Å². The molecule has 0 aromatic heterocycles. The Balaban J connectivity index is 2.71. The van der Waals surface area contributed by atoms with Crippen molar-refractivity contribution in [2.75, 3.05) is 6.61 Å². The summed E-state index contributed by atoms with van der Waals surface area (Å²) in [5.74, 6) is 0.895. The summed E-state index contributed by atoms with van der Waals surface area (Å²) >= 11 is 3.28. The minimum Gasteiger partial charge on any atom is -0.488 e. The summed E-state index contributed by atoms with van der Waals surface area (Å²) in [5.41, 5.74) is 7.11. The van der Waals surface area contributed by atoms with Crippen LogP contribution in [0.3, 0.4) is 0 Å². The third kappa shape index (κ3) is 4.37. The number of nitrogens with two attached hydrogens (primary N) is 1. The third-order valence-corrected chi connectivity index (χ3v) is 2.59.